The average molecular weight is 162 g/mol. The van der Waals surface area contributed by atoms with Crippen molar-refractivity contribution in [3.8, 4) is 0 Å². The molecular formula is C7H18N2O2. The van der Waals surface area contributed by atoms with Gasteiger partial charge in [0.2, 0.25) is 0 Å². The van der Waals surface area contributed by atoms with Crippen LogP contribution >= 0.6 is 0 Å². The molecule has 0 aromatic rings. The second-order valence-electron chi connectivity index (χ2n) is 2.62. The molecule has 0 heterocycles. The van der Waals surface area contributed by atoms with Crippen molar-refractivity contribution in [2.75, 3.05) is 7.05 Å². The van der Waals surface area contributed by atoms with Crippen LogP contribution in [0.3, 0.4) is 0 Å². The largest absolute Gasteiger partial charge is 0.317 e. The second kappa shape index (κ2) is 7.94. The van der Waals surface area contributed by atoms with Crippen molar-refractivity contribution >= 4 is 0 Å². The molecule has 68 valence electrons. The molecule has 0 aromatic heterocycles. The summed E-state index contributed by atoms with van der Waals surface area (Å²) in [5, 5.41) is 7.32. The molecule has 0 aliphatic heterocycles. The first kappa shape index (κ1) is 10.8. The summed E-state index contributed by atoms with van der Waals surface area (Å²) in [6.07, 6.45) is 6.64. The van der Waals surface area contributed by atoms with Crippen molar-refractivity contribution in [3.63, 3.8) is 0 Å². The van der Waals surface area contributed by atoms with Crippen LogP contribution in [0, 0.1) is 0 Å². The first-order valence-electron chi connectivity index (χ1n) is 4.01. The van der Waals surface area contributed by atoms with Gasteiger partial charge in [0, 0.05) is 7.05 Å². The lowest BCUT2D eigenvalue weighted by Gasteiger charge is -2.18. The third kappa shape index (κ3) is 6.25. The van der Waals surface area contributed by atoms with Gasteiger partial charge in [-0.05, 0) is 12.8 Å². The quantitative estimate of drug-likeness (QED) is 0.499. The summed E-state index contributed by atoms with van der Waals surface area (Å²) in [5.74, 6) is 5.00. The van der Waals surface area contributed by atoms with E-state index in [0.29, 0.717) is 6.10 Å². The average Bonchev–Trinajstić information content (AvgIpc) is 2.08. The fraction of sp³-hybridized carbons (Fsp3) is 1.00. The Morgan fingerprint density at radius 1 is 1.36 bits per heavy atom. The van der Waals surface area contributed by atoms with E-state index in [0.717, 1.165) is 12.8 Å². The summed E-state index contributed by atoms with van der Waals surface area (Å²) in [6, 6.07) is 0. The van der Waals surface area contributed by atoms with Crippen LogP contribution in [-0.4, -0.2) is 18.4 Å². The third-order valence-electron chi connectivity index (χ3n) is 1.74. The molecule has 1 saturated carbocycles. The van der Waals surface area contributed by atoms with Crippen molar-refractivity contribution in [2.45, 2.75) is 38.2 Å². The van der Waals surface area contributed by atoms with Crippen LogP contribution in [0.2, 0.25) is 0 Å². The van der Waals surface area contributed by atoms with Gasteiger partial charge in [0.15, 0.2) is 0 Å². The van der Waals surface area contributed by atoms with Crippen LogP contribution < -0.4 is 11.4 Å². The molecule has 11 heavy (non-hydrogen) atoms. The fourth-order valence-electron chi connectivity index (χ4n) is 1.20. The Balaban J connectivity index is 0.000000292. The molecule has 0 amide bonds. The van der Waals surface area contributed by atoms with E-state index in [4.69, 9.17) is 15.9 Å². The number of hydrogen-bond acceptors (Lipinski definition) is 4. The highest BCUT2D eigenvalue weighted by atomic mass is 16.6. The van der Waals surface area contributed by atoms with Crippen LogP contribution in [0.25, 0.3) is 0 Å². The minimum atomic E-state index is 0.365. The Hall–Kier alpha value is -0.160. The summed E-state index contributed by atoms with van der Waals surface area (Å²) in [5.41, 5.74) is 1.75. The fourth-order valence-corrected chi connectivity index (χ4v) is 1.20. The van der Waals surface area contributed by atoms with Gasteiger partial charge in [-0.2, -0.15) is 0 Å². The first-order valence-corrected chi connectivity index (χ1v) is 4.01. The molecule has 0 spiro atoms. The smallest absolute Gasteiger partial charge is 0.0787 e. The van der Waals surface area contributed by atoms with Crippen LogP contribution in [-0.2, 0) is 4.84 Å². The van der Waals surface area contributed by atoms with Crippen molar-refractivity contribution in [1.29, 1.82) is 0 Å². The topological polar surface area (TPSA) is 67.5 Å². The number of hydroxylamine groups is 1. The van der Waals surface area contributed by atoms with Crippen molar-refractivity contribution in [1.82, 2.24) is 5.48 Å². The van der Waals surface area contributed by atoms with Gasteiger partial charge in [0.05, 0.1) is 6.10 Å². The monoisotopic (exact) mass is 162 g/mol. The highest BCUT2D eigenvalue weighted by molar-refractivity contribution is 4.63. The van der Waals surface area contributed by atoms with E-state index in [-0.39, 0.29) is 0 Å². The number of nitrogens with two attached hydrogens (primary N) is 1. The van der Waals surface area contributed by atoms with E-state index in [1.54, 1.807) is 5.48 Å². The molecule has 1 rings (SSSR count). The Morgan fingerprint density at radius 2 is 1.82 bits per heavy atom. The molecule has 0 unspecified atom stereocenters. The van der Waals surface area contributed by atoms with Gasteiger partial charge in [-0.3, -0.25) is 0 Å². The van der Waals surface area contributed by atoms with E-state index in [9.17, 15) is 0 Å². The highest BCUT2D eigenvalue weighted by Gasteiger charge is 2.11. The number of hydrogen-bond donors (Lipinski definition) is 3. The summed E-state index contributed by atoms with van der Waals surface area (Å²) >= 11 is 0. The van der Waals surface area contributed by atoms with Gasteiger partial charge >= 0.3 is 0 Å². The van der Waals surface area contributed by atoms with E-state index in [2.05, 4.69) is 0 Å². The van der Waals surface area contributed by atoms with Crippen molar-refractivity contribution < 1.29 is 10.0 Å². The van der Waals surface area contributed by atoms with Gasteiger partial charge in [0.1, 0.15) is 0 Å². The molecule has 1 fully saturated rings. The molecule has 0 atom stereocenters. The summed E-state index contributed by atoms with van der Waals surface area (Å²) < 4.78 is 0. The first-order chi connectivity index (χ1) is 5.35. The summed E-state index contributed by atoms with van der Waals surface area (Å²) in [6.45, 7) is 0. The molecule has 0 radical (unpaired) electrons. The molecule has 1 aliphatic carbocycles. The predicted octanol–water partition coefficient (Wildman–Crippen LogP) is 0.804. The Bertz CT molecular complexity index is 74.8. The van der Waals surface area contributed by atoms with Crippen molar-refractivity contribution in [3.05, 3.63) is 0 Å². The lowest BCUT2D eigenvalue weighted by atomic mass is 9.98. The zero-order valence-electron chi connectivity index (χ0n) is 7.05. The maximum Gasteiger partial charge on any atom is 0.0787 e. The molecule has 4 nitrogen and oxygen atoms in total. The Kier molecular flexibility index (Phi) is 7.83. The Labute approximate surface area is 67.6 Å². The van der Waals surface area contributed by atoms with Crippen LogP contribution in [0.4, 0.5) is 0 Å². The maximum absolute atomic E-state index is 7.32. The van der Waals surface area contributed by atoms with E-state index in [1.807, 2.05) is 0 Å². The lowest BCUT2D eigenvalue weighted by Crippen LogP contribution is -2.19. The van der Waals surface area contributed by atoms with Gasteiger partial charge < -0.3 is 10.0 Å². The molecule has 4 N–H and O–H groups in total. The highest BCUT2D eigenvalue weighted by Crippen LogP contribution is 2.18. The van der Waals surface area contributed by atoms with Crippen molar-refractivity contribution in [2.24, 2.45) is 5.90 Å². The third-order valence-corrected chi connectivity index (χ3v) is 1.74. The predicted molar refractivity (Wildman–Crippen MR) is 43.0 cm³/mol. The number of nitrogens with one attached hydrogen (secondary N) is 1. The van der Waals surface area contributed by atoms with Gasteiger partial charge in [-0.25, -0.2) is 11.4 Å². The van der Waals surface area contributed by atoms with E-state index >= 15 is 0 Å². The Morgan fingerprint density at radius 3 is 2.09 bits per heavy atom. The normalized spacial score (nSPS) is 18.8. The lowest BCUT2D eigenvalue weighted by molar-refractivity contribution is 0.0279. The van der Waals surface area contributed by atoms with Gasteiger partial charge in [0.25, 0.3) is 0 Å². The SMILES string of the molecule is CNO.NOC1CCCCC1. The van der Waals surface area contributed by atoms with Gasteiger partial charge in [-0.15, -0.1) is 0 Å². The molecule has 0 saturated heterocycles. The molecular weight excluding hydrogens is 144 g/mol. The molecule has 4 heteroatoms. The van der Waals surface area contributed by atoms with E-state index in [1.165, 1.54) is 26.3 Å². The maximum atomic E-state index is 7.32. The van der Waals surface area contributed by atoms with Gasteiger partial charge in [-0.1, -0.05) is 19.3 Å². The summed E-state index contributed by atoms with van der Waals surface area (Å²) in [4.78, 5) is 4.69. The minimum Gasteiger partial charge on any atom is -0.317 e. The van der Waals surface area contributed by atoms with E-state index < -0.39 is 0 Å². The standard InChI is InChI=1S/C6H13NO.CH5NO/c7-8-6-4-2-1-3-5-6;1-2-3/h6H,1-5,7H2;2-3H,1H3. The molecule has 0 aromatic carbocycles. The number of rotatable bonds is 1. The summed E-state index contributed by atoms with van der Waals surface area (Å²) in [7, 11) is 1.43. The van der Waals surface area contributed by atoms with Crippen LogP contribution in [0.5, 0.6) is 0 Å². The second-order valence-corrected chi connectivity index (χ2v) is 2.62. The molecule has 1 aliphatic rings. The minimum absolute atomic E-state index is 0.365. The zero-order chi connectivity index (χ0) is 8.53. The van der Waals surface area contributed by atoms with Crippen LogP contribution in [0.1, 0.15) is 32.1 Å². The van der Waals surface area contributed by atoms with Crippen LogP contribution in [0.15, 0.2) is 0 Å². The zero-order valence-corrected chi connectivity index (χ0v) is 7.05. The molecule has 0 bridgehead atoms.